The Morgan fingerprint density at radius 3 is 2.28 bits per heavy atom. The number of guanidine groups is 1. The van der Waals surface area contributed by atoms with Crippen LogP contribution < -0.4 is 10.6 Å². The number of rotatable bonds is 6. The second kappa shape index (κ2) is 9.28. The van der Waals surface area contributed by atoms with Gasteiger partial charge in [-0.05, 0) is 35.8 Å². The lowest BCUT2D eigenvalue weighted by molar-refractivity contribution is -0.140. The minimum atomic E-state index is -0.120. The maximum Gasteiger partial charge on any atom is 0.233 e. The van der Waals surface area contributed by atoms with Crippen LogP contribution in [0.1, 0.15) is 24.5 Å². The number of carbonyl (C=O) groups is 2. The summed E-state index contributed by atoms with van der Waals surface area (Å²) in [7, 11) is 1.72. The highest BCUT2D eigenvalue weighted by Gasteiger charge is 2.58. The predicted molar refractivity (Wildman–Crippen MR) is 124 cm³/mol. The summed E-state index contributed by atoms with van der Waals surface area (Å²) in [6.45, 7) is 3.71. The summed E-state index contributed by atoms with van der Waals surface area (Å²) in [6.07, 6.45) is 6.20. The Balaban J connectivity index is 0.00000240. The van der Waals surface area contributed by atoms with Gasteiger partial charge >= 0.3 is 0 Å². The van der Waals surface area contributed by atoms with Gasteiger partial charge in [0.25, 0.3) is 0 Å². The van der Waals surface area contributed by atoms with Crippen molar-refractivity contribution in [1.29, 1.82) is 0 Å². The van der Waals surface area contributed by atoms with Gasteiger partial charge in [0.2, 0.25) is 11.8 Å². The molecule has 1 heterocycles. The van der Waals surface area contributed by atoms with E-state index in [0.29, 0.717) is 25.6 Å². The number of halogens is 1. The normalized spacial score (nSPS) is 27.2. The lowest BCUT2D eigenvalue weighted by Crippen LogP contribution is -2.43. The van der Waals surface area contributed by atoms with Crippen molar-refractivity contribution in [2.75, 3.05) is 20.1 Å². The van der Waals surface area contributed by atoms with Gasteiger partial charge in [0.15, 0.2) is 5.96 Å². The Bertz CT molecular complexity index is 808. The van der Waals surface area contributed by atoms with Gasteiger partial charge in [0.05, 0.1) is 11.8 Å². The molecule has 0 aromatic heterocycles. The molecule has 7 heteroatoms. The van der Waals surface area contributed by atoms with E-state index < -0.39 is 0 Å². The van der Waals surface area contributed by atoms with Gasteiger partial charge in [-0.1, -0.05) is 43.3 Å². The summed E-state index contributed by atoms with van der Waals surface area (Å²) in [5, 5.41) is 6.54. The summed E-state index contributed by atoms with van der Waals surface area (Å²) in [6, 6.07) is 8.34. The minimum absolute atomic E-state index is 0. The van der Waals surface area contributed by atoms with Gasteiger partial charge < -0.3 is 10.6 Å². The van der Waals surface area contributed by atoms with Crippen molar-refractivity contribution in [3.63, 3.8) is 0 Å². The first-order valence-electron chi connectivity index (χ1n) is 10.2. The van der Waals surface area contributed by atoms with Gasteiger partial charge in [-0.25, -0.2) is 0 Å². The second-order valence-corrected chi connectivity index (χ2v) is 7.80. The maximum absolute atomic E-state index is 12.7. The van der Waals surface area contributed by atoms with E-state index in [1.165, 1.54) is 16.0 Å². The Morgan fingerprint density at radius 2 is 1.69 bits per heavy atom. The van der Waals surface area contributed by atoms with Crippen LogP contribution in [0, 0.1) is 23.7 Å². The van der Waals surface area contributed by atoms with Crippen LogP contribution in [0.15, 0.2) is 41.4 Å². The lowest BCUT2D eigenvalue weighted by Gasteiger charge is -2.19. The number of hydrogen-bond donors (Lipinski definition) is 2. The SMILES string of the molecule is CCc1ccccc1CNC(=NC)NCCN1C(=O)C2C3C=CC(C3)C2C1=O.I. The summed E-state index contributed by atoms with van der Waals surface area (Å²) < 4.78 is 0. The van der Waals surface area contributed by atoms with Crippen LogP contribution in [0.25, 0.3) is 0 Å². The molecule has 156 valence electrons. The number of likely N-dealkylation sites (tertiary alicyclic amines) is 1. The maximum atomic E-state index is 12.7. The van der Waals surface area contributed by atoms with E-state index in [1.807, 2.05) is 6.07 Å². The molecule has 0 spiro atoms. The van der Waals surface area contributed by atoms with Crippen molar-refractivity contribution in [2.24, 2.45) is 28.7 Å². The van der Waals surface area contributed by atoms with Crippen LogP contribution in [-0.4, -0.2) is 42.8 Å². The number of allylic oxidation sites excluding steroid dienone is 2. The molecule has 2 bridgehead atoms. The van der Waals surface area contributed by atoms with Crippen LogP contribution >= 0.6 is 24.0 Å². The number of fused-ring (bicyclic) bond motifs is 5. The highest BCUT2D eigenvalue weighted by molar-refractivity contribution is 14.0. The van der Waals surface area contributed by atoms with Crippen molar-refractivity contribution in [2.45, 2.75) is 26.3 Å². The number of benzene rings is 1. The number of amides is 2. The van der Waals surface area contributed by atoms with E-state index in [9.17, 15) is 9.59 Å². The van der Waals surface area contributed by atoms with Gasteiger partial charge in [0.1, 0.15) is 0 Å². The molecule has 4 rings (SSSR count). The molecule has 1 saturated heterocycles. The largest absolute Gasteiger partial charge is 0.355 e. The van der Waals surface area contributed by atoms with E-state index >= 15 is 0 Å². The number of nitrogens with zero attached hydrogens (tertiary/aromatic N) is 2. The molecule has 1 aliphatic heterocycles. The molecule has 0 radical (unpaired) electrons. The number of aryl methyl sites for hydroxylation is 1. The molecule has 2 amide bonds. The van der Waals surface area contributed by atoms with E-state index in [-0.39, 0.29) is 59.5 Å². The quantitative estimate of drug-likeness (QED) is 0.204. The summed E-state index contributed by atoms with van der Waals surface area (Å²) >= 11 is 0. The Morgan fingerprint density at radius 1 is 1.07 bits per heavy atom. The number of hydrogen-bond acceptors (Lipinski definition) is 3. The second-order valence-electron chi connectivity index (χ2n) is 7.80. The third-order valence-electron chi connectivity index (χ3n) is 6.36. The van der Waals surface area contributed by atoms with Gasteiger partial charge in [-0.3, -0.25) is 19.5 Å². The lowest BCUT2D eigenvalue weighted by atomic mass is 9.85. The molecule has 4 unspecified atom stereocenters. The Kier molecular flexibility index (Phi) is 6.97. The summed E-state index contributed by atoms with van der Waals surface area (Å²) in [5.74, 6) is 0.972. The zero-order valence-electron chi connectivity index (χ0n) is 16.9. The molecule has 6 nitrogen and oxygen atoms in total. The third kappa shape index (κ3) is 4.06. The number of carbonyl (C=O) groups excluding carboxylic acids is 2. The van der Waals surface area contributed by atoms with Crippen LogP contribution in [0.3, 0.4) is 0 Å². The van der Waals surface area contributed by atoms with Crippen LogP contribution in [0.2, 0.25) is 0 Å². The van der Waals surface area contributed by atoms with Gasteiger partial charge in [-0.15, -0.1) is 24.0 Å². The molecule has 2 fully saturated rings. The van der Waals surface area contributed by atoms with Crippen molar-refractivity contribution in [3.8, 4) is 0 Å². The topological polar surface area (TPSA) is 73.8 Å². The van der Waals surface area contributed by atoms with Crippen molar-refractivity contribution >= 4 is 41.8 Å². The van der Waals surface area contributed by atoms with Crippen LogP contribution in [-0.2, 0) is 22.6 Å². The number of nitrogens with one attached hydrogen (secondary N) is 2. The van der Waals surface area contributed by atoms with Gasteiger partial charge in [0, 0.05) is 26.7 Å². The minimum Gasteiger partial charge on any atom is -0.355 e. The molecule has 1 aromatic rings. The zero-order valence-corrected chi connectivity index (χ0v) is 19.3. The number of imide groups is 1. The molecular formula is C22H29IN4O2. The monoisotopic (exact) mass is 508 g/mol. The fourth-order valence-electron chi connectivity index (χ4n) is 4.94. The highest BCUT2D eigenvalue weighted by atomic mass is 127. The first kappa shape index (κ1) is 21.8. The fourth-order valence-corrected chi connectivity index (χ4v) is 4.94. The number of aliphatic imine (C=N–C) groups is 1. The van der Waals surface area contributed by atoms with E-state index in [2.05, 4.69) is 52.9 Å². The molecule has 3 aliphatic rings. The van der Waals surface area contributed by atoms with E-state index in [1.54, 1.807) is 7.05 Å². The average molecular weight is 508 g/mol. The molecule has 29 heavy (non-hydrogen) atoms. The Hall–Kier alpha value is -1.90. The van der Waals surface area contributed by atoms with Crippen LogP contribution in [0.5, 0.6) is 0 Å². The first-order chi connectivity index (χ1) is 13.6. The molecule has 2 N–H and O–H groups in total. The molecule has 1 saturated carbocycles. The third-order valence-corrected chi connectivity index (χ3v) is 6.36. The van der Waals surface area contributed by atoms with Crippen LogP contribution in [0.4, 0.5) is 0 Å². The van der Waals surface area contributed by atoms with E-state index in [0.717, 1.165) is 12.8 Å². The average Bonchev–Trinajstić information content (AvgIpc) is 3.40. The fraction of sp³-hybridized carbons (Fsp3) is 0.500. The highest BCUT2D eigenvalue weighted by Crippen LogP contribution is 2.52. The smallest absolute Gasteiger partial charge is 0.233 e. The summed E-state index contributed by atoms with van der Waals surface area (Å²) in [5.41, 5.74) is 2.56. The standard InChI is InChI=1S/C22H28N4O2.HI/c1-3-14-6-4-5-7-17(14)13-25-22(23-2)24-10-11-26-20(27)18-15-8-9-16(12-15)19(18)21(26)28;/h4-9,15-16,18-19H,3,10-13H2,1-2H3,(H2,23,24,25);1H. The molecule has 4 atom stereocenters. The zero-order chi connectivity index (χ0) is 19.7. The first-order valence-corrected chi connectivity index (χ1v) is 10.2. The molecular weight excluding hydrogens is 479 g/mol. The predicted octanol–water partition coefficient (Wildman–Crippen LogP) is 2.34. The van der Waals surface area contributed by atoms with Crippen molar-refractivity contribution < 1.29 is 9.59 Å². The van der Waals surface area contributed by atoms with Crippen molar-refractivity contribution in [3.05, 3.63) is 47.5 Å². The molecule has 1 aromatic carbocycles. The van der Waals surface area contributed by atoms with Gasteiger partial charge in [-0.2, -0.15) is 0 Å². The van der Waals surface area contributed by atoms with Crippen molar-refractivity contribution in [1.82, 2.24) is 15.5 Å². The molecule has 2 aliphatic carbocycles. The van der Waals surface area contributed by atoms with E-state index in [4.69, 9.17) is 0 Å². The Labute approximate surface area is 189 Å². The summed E-state index contributed by atoms with van der Waals surface area (Å²) in [4.78, 5) is 31.1.